The Kier molecular flexibility index (Phi) is 6.74. The Hall–Kier alpha value is -0.840. The molecule has 0 fully saturated rings. The fourth-order valence-corrected chi connectivity index (χ4v) is 3.83. The van der Waals surface area contributed by atoms with Crippen LogP contribution in [0, 0.1) is 6.92 Å². The number of benzene rings is 1. The van der Waals surface area contributed by atoms with Gasteiger partial charge in [-0.05, 0) is 66.0 Å². The minimum atomic E-state index is 0.463. The average molecular weight is 368 g/mol. The van der Waals surface area contributed by atoms with Crippen LogP contribution in [0.4, 0.5) is 0 Å². The monoisotopic (exact) mass is 367 g/mol. The molecule has 4 heteroatoms. The molecule has 0 aliphatic carbocycles. The molecule has 0 saturated heterocycles. The van der Waals surface area contributed by atoms with Gasteiger partial charge >= 0.3 is 0 Å². The standard InChI is InChI=1S/C17H22BrNOS/c1-3-19-15(11-17-10-14(18)12-21-17)7-8-20-16-6-4-5-13(2)9-16/h4-6,9-10,12,15,19H,3,7-8,11H2,1-2H3. The van der Waals surface area contributed by atoms with E-state index in [1.54, 1.807) is 0 Å². The Morgan fingerprint density at radius 2 is 2.19 bits per heavy atom. The molecule has 0 aliphatic heterocycles. The van der Waals surface area contributed by atoms with Gasteiger partial charge in [-0.1, -0.05) is 19.1 Å². The van der Waals surface area contributed by atoms with E-state index in [2.05, 4.69) is 58.7 Å². The van der Waals surface area contributed by atoms with Gasteiger partial charge in [0.2, 0.25) is 0 Å². The van der Waals surface area contributed by atoms with Crippen LogP contribution in [0.5, 0.6) is 5.75 Å². The van der Waals surface area contributed by atoms with E-state index >= 15 is 0 Å². The lowest BCUT2D eigenvalue weighted by atomic mass is 10.1. The normalized spacial score (nSPS) is 12.3. The number of nitrogens with one attached hydrogen (secondary N) is 1. The fourth-order valence-electron chi connectivity index (χ4n) is 2.29. The van der Waals surface area contributed by atoms with Crippen LogP contribution in [0.1, 0.15) is 23.8 Å². The molecule has 21 heavy (non-hydrogen) atoms. The molecule has 1 atom stereocenters. The first-order valence-corrected chi connectivity index (χ1v) is 9.00. The van der Waals surface area contributed by atoms with Gasteiger partial charge in [-0.25, -0.2) is 0 Å². The molecule has 1 unspecified atom stereocenters. The second-order valence-corrected chi connectivity index (χ2v) is 7.06. The van der Waals surface area contributed by atoms with Crippen molar-refractivity contribution >= 4 is 27.3 Å². The quantitative estimate of drug-likeness (QED) is 0.722. The van der Waals surface area contributed by atoms with Crippen molar-refractivity contribution < 1.29 is 4.74 Å². The van der Waals surface area contributed by atoms with Crippen LogP contribution in [0.25, 0.3) is 0 Å². The number of hydrogen-bond donors (Lipinski definition) is 1. The Bertz CT molecular complexity index is 555. The van der Waals surface area contributed by atoms with E-state index in [1.807, 2.05) is 23.5 Å². The number of thiophene rings is 1. The Morgan fingerprint density at radius 3 is 2.86 bits per heavy atom. The second-order valence-electron chi connectivity index (χ2n) is 5.14. The predicted octanol–water partition coefficient (Wildman–Crippen LogP) is 4.81. The zero-order valence-corrected chi connectivity index (χ0v) is 15.0. The summed E-state index contributed by atoms with van der Waals surface area (Å²) in [5.74, 6) is 0.962. The van der Waals surface area contributed by atoms with Crippen molar-refractivity contribution in [3.8, 4) is 5.75 Å². The van der Waals surface area contributed by atoms with Crippen molar-refractivity contribution in [1.82, 2.24) is 5.32 Å². The van der Waals surface area contributed by atoms with E-state index < -0.39 is 0 Å². The summed E-state index contributed by atoms with van der Waals surface area (Å²) >= 11 is 5.32. The molecule has 0 saturated carbocycles. The minimum Gasteiger partial charge on any atom is -0.494 e. The van der Waals surface area contributed by atoms with E-state index in [-0.39, 0.29) is 0 Å². The van der Waals surface area contributed by atoms with Crippen molar-refractivity contribution in [2.75, 3.05) is 13.2 Å². The third-order valence-electron chi connectivity index (χ3n) is 3.29. The van der Waals surface area contributed by atoms with Crippen LogP contribution in [-0.4, -0.2) is 19.2 Å². The van der Waals surface area contributed by atoms with Gasteiger partial charge in [0.25, 0.3) is 0 Å². The lowest BCUT2D eigenvalue weighted by Gasteiger charge is -2.17. The largest absolute Gasteiger partial charge is 0.494 e. The highest BCUT2D eigenvalue weighted by molar-refractivity contribution is 9.10. The predicted molar refractivity (Wildman–Crippen MR) is 94.5 cm³/mol. The summed E-state index contributed by atoms with van der Waals surface area (Å²) in [7, 11) is 0. The number of hydrogen-bond acceptors (Lipinski definition) is 3. The molecule has 1 aromatic carbocycles. The molecule has 0 amide bonds. The van der Waals surface area contributed by atoms with E-state index in [9.17, 15) is 0 Å². The van der Waals surface area contributed by atoms with Gasteiger partial charge < -0.3 is 10.1 Å². The molecule has 1 N–H and O–H groups in total. The van der Waals surface area contributed by atoms with Gasteiger partial charge in [0.15, 0.2) is 0 Å². The van der Waals surface area contributed by atoms with Crippen LogP contribution >= 0.6 is 27.3 Å². The summed E-state index contributed by atoms with van der Waals surface area (Å²) in [5, 5.41) is 5.69. The summed E-state index contributed by atoms with van der Waals surface area (Å²) < 4.78 is 7.04. The molecule has 0 radical (unpaired) electrons. The Labute approximate surface area is 139 Å². The van der Waals surface area contributed by atoms with Crippen molar-refractivity contribution in [2.24, 2.45) is 0 Å². The maximum atomic E-state index is 5.86. The van der Waals surface area contributed by atoms with E-state index in [0.29, 0.717) is 6.04 Å². The minimum absolute atomic E-state index is 0.463. The zero-order valence-electron chi connectivity index (χ0n) is 12.6. The lowest BCUT2D eigenvalue weighted by molar-refractivity contribution is 0.286. The highest BCUT2D eigenvalue weighted by atomic mass is 79.9. The number of ether oxygens (including phenoxy) is 1. The highest BCUT2D eigenvalue weighted by Crippen LogP contribution is 2.21. The first kappa shape index (κ1) is 16.5. The van der Waals surface area contributed by atoms with Crippen molar-refractivity contribution in [1.29, 1.82) is 0 Å². The molecule has 2 aromatic rings. The second kappa shape index (κ2) is 8.57. The summed E-state index contributed by atoms with van der Waals surface area (Å²) in [6.45, 7) is 5.97. The van der Waals surface area contributed by atoms with Gasteiger partial charge in [-0.15, -0.1) is 11.3 Å². The molecule has 0 spiro atoms. The van der Waals surface area contributed by atoms with E-state index in [1.165, 1.54) is 14.9 Å². The maximum Gasteiger partial charge on any atom is 0.119 e. The average Bonchev–Trinajstić information content (AvgIpc) is 2.84. The van der Waals surface area contributed by atoms with Gasteiger partial charge in [0.05, 0.1) is 6.61 Å². The third kappa shape index (κ3) is 5.81. The van der Waals surface area contributed by atoms with Crippen molar-refractivity contribution in [3.05, 3.63) is 50.6 Å². The lowest BCUT2D eigenvalue weighted by Crippen LogP contribution is -2.32. The molecule has 114 valence electrons. The number of halogens is 1. The fraction of sp³-hybridized carbons (Fsp3) is 0.412. The summed E-state index contributed by atoms with van der Waals surface area (Å²) in [4.78, 5) is 1.41. The van der Waals surface area contributed by atoms with Gasteiger partial charge in [0, 0.05) is 20.8 Å². The summed E-state index contributed by atoms with van der Waals surface area (Å²) in [6, 6.07) is 10.9. The van der Waals surface area contributed by atoms with Gasteiger partial charge in [-0.3, -0.25) is 0 Å². The molecule has 2 rings (SSSR count). The van der Waals surface area contributed by atoms with E-state index in [4.69, 9.17) is 4.74 Å². The van der Waals surface area contributed by atoms with Crippen molar-refractivity contribution in [3.63, 3.8) is 0 Å². The summed E-state index contributed by atoms with van der Waals surface area (Å²) in [5.41, 5.74) is 1.24. The first-order valence-electron chi connectivity index (χ1n) is 7.33. The van der Waals surface area contributed by atoms with E-state index in [0.717, 1.165) is 31.7 Å². The highest BCUT2D eigenvalue weighted by Gasteiger charge is 2.10. The van der Waals surface area contributed by atoms with Crippen LogP contribution in [0.3, 0.4) is 0 Å². The number of likely N-dealkylation sites (N-methyl/N-ethyl adjacent to an activating group) is 1. The van der Waals surface area contributed by atoms with Crippen molar-refractivity contribution in [2.45, 2.75) is 32.7 Å². The zero-order chi connectivity index (χ0) is 15.1. The smallest absolute Gasteiger partial charge is 0.119 e. The molecule has 1 heterocycles. The molecular weight excluding hydrogens is 346 g/mol. The third-order valence-corrected chi connectivity index (χ3v) is 5.01. The SMILES string of the molecule is CCNC(CCOc1cccc(C)c1)Cc1cc(Br)cs1. The Morgan fingerprint density at radius 1 is 1.33 bits per heavy atom. The van der Waals surface area contributed by atoms with Crippen LogP contribution in [0.2, 0.25) is 0 Å². The molecule has 0 aliphatic rings. The molecule has 1 aromatic heterocycles. The molecular formula is C17H22BrNOS. The van der Waals surface area contributed by atoms with Gasteiger partial charge in [0.1, 0.15) is 5.75 Å². The summed E-state index contributed by atoms with van der Waals surface area (Å²) in [6.07, 6.45) is 2.07. The van der Waals surface area contributed by atoms with Crippen LogP contribution in [-0.2, 0) is 6.42 Å². The van der Waals surface area contributed by atoms with Crippen LogP contribution < -0.4 is 10.1 Å². The van der Waals surface area contributed by atoms with Gasteiger partial charge in [-0.2, -0.15) is 0 Å². The number of rotatable bonds is 8. The topological polar surface area (TPSA) is 21.3 Å². The molecule has 2 nitrogen and oxygen atoms in total. The maximum absolute atomic E-state index is 5.86. The number of aryl methyl sites for hydroxylation is 1. The van der Waals surface area contributed by atoms with Crippen LogP contribution in [0.15, 0.2) is 40.2 Å². The first-order chi connectivity index (χ1) is 10.2. The molecule has 0 bridgehead atoms. The Balaban J connectivity index is 1.82.